The molecule has 0 bridgehead atoms. The molecular formula is C44H36N6O. The number of pyridine rings is 3. The van der Waals surface area contributed by atoms with Crippen LogP contribution in [0.4, 0.5) is 22.9 Å². The van der Waals surface area contributed by atoms with Crippen LogP contribution < -0.4 is 14.5 Å². The minimum Gasteiger partial charge on any atom is -0.457 e. The number of hydrogen-bond donors (Lipinski definition) is 0. The van der Waals surface area contributed by atoms with Gasteiger partial charge < -0.3 is 14.5 Å². The zero-order chi connectivity index (χ0) is 34.5. The molecule has 0 aliphatic carbocycles. The van der Waals surface area contributed by atoms with Crippen LogP contribution in [0.1, 0.15) is 26.3 Å². The Morgan fingerprint density at radius 1 is 0.569 bits per heavy atom. The number of para-hydroxylation sites is 1. The van der Waals surface area contributed by atoms with Gasteiger partial charge in [-0.3, -0.25) is 9.55 Å². The molecule has 51 heavy (non-hydrogen) atoms. The van der Waals surface area contributed by atoms with E-state index in [1.807, 2.05) is 61.2 Å². The lowest BCUT2D eigenvalue weighted by Gasteiger charge is -2.22. The highest BCUT2D eigenvalue weighted by molar-refractivity contribution is 6.09. The number of aromatic nitrogens is 4. The molecule has 7 heteroatoms. The van der Waals surface area contributed by atoms with Crippen LogP contribution >= 0.6 is 0 Å². The van der Waals surface area contributed by atoms with E-state index in [1.165, 1.54) is 10.9 Å². The largest absolute Gasteiger partial charge is 0.457 e. The minimum atomic E-state index is 0.00262. The van der Waals surface area contributed by atoms with Gasteiger partial charge in [-0.2, -0.15) is 0 Å². The van der Waals surface area contributed by atoms with Crippen molar-refractivity contribution in [3.8, 4) is 28.4 Å². The maximum Gasteiger partial charge on any atom is 0.137 e. The van der Waals surface area contributed by atoms with Crippen LogP contribution in [-0.2, 0) is 5.41 Å². The molecule has 1 aliphatic heterocycles. The molecule has 0 saturated heterocycles. The van der Waals surface area contributed by atoms with Crippen molar-refractivity contribution in [3.63, 3.8) is 0 Å². The topological polar surface area (TPSA) is 59.3 Å². The summed E-state index contributed by atoms with van der Waals surface area (Å²) in [5.74, 6) is 3.27. The Labute approximate surface area is 297 Å². The first kappa shape index (κ1) is 30.6. The van der Waals surface area contributed by atoms with Crippen LogP contribution in [0.5, 0.6) is 11.5 Å². The molecule has 0 radical (unpaired) electrons. The maximum atomic E-state index is 6.61. The summed E-state index contributed by atoms with van der Waals surface area (Å²) >= 11 is 0. The van der Waals surface area contributed by atoms with Crippen molar-refractivity contribution in [2.45, 2.75) is 26.2 Å². The van der Waals surface area contributed by atoms with E-state index in [0.717, 1.165) is 67.7 Å². The number of anilines is 4. The highest BCUT2D eigenvalue weighted by atomic mass is 16.5. The zero-order valence-corrected chi connectivity index (χ0v) is 28.7. The minimum absolute atomic E-state index is 0.00262. The second kappa shape index (κ2) is 12.1. The van der Waals surface area contributed by atoms with E-state index >= 15 is 0 Å². The van der Waals surface area contributed by atoms with Crippen molar-refractivity contribution < 1.29 is 4.74 Å². The molecule has 4 aromatic heterocycles. The van der Waals surface area contributed by atoms with Gasteiger partial charge in [-0.25, -0.2) is 9.97 Å². The molecule has 8 aromatic rings. The zero-order valence-electron chi connectivity index (χ0n) is 28.7. The van der Waals surface area contributed by atoms with Crippen LogP contribution in [0.2, 0.25) is 0 Å². The Kier molecular flexibility index (Phi) is 7.28. The molecule has 1 aliphatic rings. The summed E-state index contributed by atoms with van der Waals surface area (Å²) in [6.07, 6.45) is 7.59. The van der Waals surface area contributed by atoms with Crippen LogP contribution in [0, 0.1) is 0 Å². The molecule has 0 N–H and O–H groups in total. The standard InChI is InChI=1S/C44H36N6O/c1-44(2,3)32-20-23-46-43(24-32)50-38-15-8-7-14-36(38)37-18-17-35(26-40(37)50)51-34-13-9-12-33(25-34)48-29-49(41-28-45-22-21-39(41)48)42-19-16-31(27-47-42)30-10-5-4-6-11-30/h4-28H,29H2,1-3H3. The molecule has 0 saturated carbocycles. The number of benzene rings is 4. The first-order valence-electron chi connectivity index (χ1n) is 17.2. The predicted molar refractivity (Wildman–Crippen MR) is 207 cm³/mol. The van der Waals surface area contributed by atoms with Crippen LogP contribution in [0.3, 0.4) is 0 Å². The Bertz CT molecular complexity index is 2540. The molecule has 4 aromatic carbocycles. The average molecular weight is 665 g/mol. The third-order valence-corrected chi connectivity index (χ3v) is 9.62. The maximum absolute atomic E-state index is 6.61. The van der Waals surface area contributed by atoms with E-state index in [-0.39, 0.29) is 5.41 Å². The first-order chi connectivity index (χ1) is 24.9. The Morgan fingerprint density at radius 2 is 1.39 bits per heavy atom. The summed E-state index contributed by atoms with van der Waals surface area (Å²) in [6.45, 7) is 7.28. The summed E-state index contributed by atoms with van der Waals surface area (Å²) in [5.41, 5.74) is 8.71. The highest BCUT2D eigenvalue weighted by Gasteiger charge is 2.29. The van der Waals surface area contributed by atoms with Gasteiger partial charge in [-0.1, -0.05) is 75.4 Å². The van der Waals surface area contributed by atoms with Gasteiger partial charge in [0.25, 0.3) is 0 Å². The Morgan fingerprint density at radius 3 is 2.24 bits per heavy atom. The lowest BCUT2D eigenvalue weighted by Crippen LogP contribution is -2.24. The lowest BCUT2D eigenvalue weighted by molar-refractivity contribution is 0.483. The fourth-order valence-corrected chi connectivity index (χ4v) is 6.99. The van der Waals surface area contributed by atoms with Gasteiger partial charge >= 0.3 is 0 Å². The van der Waals surface area contributed by atoms with Crippen LogP contribution in [0.25, 0.3) is 38.8 Å². The number of rotatable bonds is 6. The van der Waals surface area contributed by atoms with Gasteiger partial charge in [0.1, 0.15) is 29.8 Å². The third kappa shape index (κ3) is 5.53. The Hall–Kier alpha value is -6.47. The molecule has 0 unspecified atom stereocenters. The van der Waals surface area contributed by atoms with Crippen LogP contribution in [0.15, 0.2) is 152 Å². The van der Waals surface area contributed by atoms with Crippen molar-refractivity contribution in [1.29, 1.82) is 0 Å². The molecule has 0 atom stereocenters. The molecule has 7 nitrogen and oxygen atoms in total. The summed E-state index contributed by atoms with van der Waals surface area (Å²) in [6, 6.07) is 43.9. The summed E-state index contributed by atoms with van der Waals surface area (Å²) < 4.78 is 8.85. The predicted octanol–water partition coefficient (Wildman–Crippen LogP) is 11.0. The highest BCUT2D eigenvalue weighted by Crippen LogP contribution is 2.44. The molecule has 9 rings (SSSR count). The molecule has 0 amide bonds. The lowest BCUT2D eigenvalue weighted by atomic mass is 9.88. The van der Waals surface area contributed by atoms with E-state index in [9.17, 15) is 0 Å². The third-order valence-electron chi connectivity index (χ3n) is 9.62. The summed E-state index contributed by atoms with van der Waals surface area (Å²) in [7, 11) is 0. The summed E-state index contributed by atoms with van der Waals surface area (Å²) in [5, 5.41) is 2.34. The second-order valence-electron chi connectivity index (χ2n) is 13.9. The second-order valence-corrected chi connectivity index (χ2v) is 13.9. The summed E-state index contributed by atoms with van der Waals surface area (Å²) in [4.78, 5) is 18.6. The fraction of sp³-hybridized carbons (Fsp3) is 0.114. The van der Waals surface area contributed by atoms with E-state index in [2.05, 4.69) is 131 Å². The fourth-order valence-electron chi connectivity index (χ4n) is 6.99. The van der Waals surface area contributed by atoms with E-state index in [4.69, 9.17) is 14.7 Å². The molecule has 0 fully saturated rings. The van der Waals surface area contributed by atoms with Crippen molar-refractivity contribution >= 4 is 44.7 Å². The SMILES string of the molecule is CC(C)(C)c1ccnc(-n2c3ccccc3c3ccc(Oc4cccc(N5CN(c6ccc(-c7ccccc7)cn6)c6cnccc65)c4)cc32)c1. The van der Waals surface area contributed by atoms with Gasteiger partial charge in [0.2, 0.25) is 0 Å². The molecule has 0 spiro atoms. The average Bonchev–Trinajstić information content (AvgIpc) is 3.71. The van der Waals surface area contributed by atoms with Crippen molar-refractivity contribution in [1.82, 2.24) is 19.5 Å². The van der Waals surface area contributed by atoms with Crippen molar-refractivity contribution in [2.75, 3.05) is 16.5 Å². The number of fused-ring (bicyclic) bond motifs is 4. The van der Waals surface area contributed by atoms with Gasteiger partial charge in [-0.15, -0.1) is 0 Å². The quantitative estimate of drug-likeness (QED) is 0.176. The van der Waals surface area contributed by atoms with Gasteiger partial charge in [0, 0.05) is 52.7 Å². The van der Waals surface area contributed by atoms with Gasteiger partial charge in [0.15, 0.2) is 0 Å². The Balaban J connectivity index is 1.04. The van der Waals surface area contributed by atoms with Gasteiger partial charge in [0.05, 0.1) is 28.6 Å². The molecule has 5 heterocycles. The normalized spacial score (nSPS) is 12.8. The number of hydrogen-bond acceptors (Lipinski definition) is 6. The first-order valence-corrected chi connectivity index (χ1v) is 17.2. The smallest absolute Gasteiger partial charge is 0.137 e. The van der Waals surface area contributed by atoms with Gasteiger partial charge in [-0.05, 0) is 77.2 Å². The van der Waals surface area contributed by atoms with Crippen molar-refractivity contribution in [3.05, 3.63) is 158 Å². The number of nitrogens with zero attached hydrogens (tertiary/aromatic N) is 6. The van der Waals surface area contributed by atoms with E-state index in [1.54, 1.807) is 0 Å². The monoisotopic (exact) mass is 664 g/mol. The van der Waals surface area contributed by atoms with E-state index in [0.29, 0.717) is 6.67 Å². The number of ether oxygens (including phenoxy) is 1. The van der Waals surface area contributed by atoms with Crippen LogP contribution in [-0.4, -0.2) is 26.2 Å². The van der Waals surface area contributed by atoms with Crippen molar-refractivity contribution in [2.24, 2.45) is 0 Å². The molecular weight excluding hydrogens is 629 g/mol. The van der Waals surface area contributed by atoms with E-state index < -0.39 is 0 Å². The molecule has 248 valence electrons.